The van der Waals surface area contributed by atoms with E-state index in [0.717, 1.165) is 0 Å². The first-order valence-corrected chi connectivity index (χ1v) is 4.60. The van der Waals surface area contributed by atoms with E-state index < -0.39 is 11.4 Å². The van der Waals surface area contributed by atoms with Gasteiger partial charge in [-0.3, -0.25) is 9.59 Å². The van der Waals surface area contributed by atoms with Crippen LogP contribution in [0.5, 0.6) is 0 Å². The van der Waals surface area contributed by atoms with Crippen molar-refractivity contribution in [1.29, 1.82) is 0 Å². The second-order valence-corrected chi connectivity index (χ2v) is 3.61. The zero-order valence-corrected chi connectivity index (χ0v) is 8.21. The summed E-state index contributed by atoms with van der Waals surface area (Å²) in [5, 5.41) is 11.4. The Balaban J connectivity index is 2.20. The summed E-state index contributed by atoms with van der Waals surface area (Å²) < 4.78 is 4.73. The zero-order valence-electron chi connectivity index (χ0n) is 8.21. The average Bonchev–Trinajstić information content (AvgIpc) is 2.92. The largest absolute Gasteiger partial charge is 0.481 e. The van der Waals surface area contributed by atoms with Gasteiger partial charge < -0.3 is 15.2 Å². The van der Waals surface area contributed by atoms with Crippen molar-refractivity contribution in [2.24, 2.45) is 5.41 Å². The molecule has 2 N–H and O–H groups in total. The summed E-state index contributed by atoms with van der Waals surface area (Å²) in [6.07, 6.45) is 1.60. The van der Waals surface area contributed by atoms with Crippen LogP contribution in [0.25, 0.3) is 0 Å². The first kappa shape index (κ1) is 11.0. The summed E-state index contributed by atoms with van der Waals surface area (Å²) in [6.45, 7) is 0.608. The van der Waals surface area contributed by atoms with Crippen LogP contribution in [0.2, 0.25) is 0 Å². The number of carbonyl (C=O) groups excluding carboxylic acids is 1. The van der Waals surface area contributed by atoms with Gasteiger partial charge in [0.1, 0.15) is 0 Å². The summed E-state index contributed by atoms with van der Waals surface area (Å²) in [5.41, 5.74) is -0.678. The molecule has 0 atom stereocenters. The normalized spacial score (nSPS) is 17.5. The molecule has 1 aliphatic rings. The van der Waals surface area contributed by atoms with E-state index in [1.807, 2.05) is 0 Å². The molecular formula is C9H15NO4. The number of hydrogen-bond donors (Lipinski definition) is 2. The molecule has 0 aromatic heterocycles. The van der Waals surface area contributed by atoms with Crippen LogP contribution in [0.3, 0.4) is 0 Å². The van der Waals surface area contributed by atoms with Crippen LogP contribution in [-0.2, 0) is 14.3 Å². The van der Waals surface area contributed by atoms with Gasteiger partial charge in [-0.1, -0.05) is 0 Å². The van der Waals surface area contributed by atoms with Crippen LogP contribution < -0.4 is 5.32 Å². The Morgan fingerprint density at radius 1 is 1.50 bits per heavy atom. The molecule has 0 heterocycles. The van der Waals surface area contributed by atoms with E-state index in [1.165, 1.54) is 7.11 Å². The van der Waals surface area contributed by atoms with Crippen molar-refractivity contribution in [2.45, 2.75) is 19.3 Å². The molecular weight excluding hydrogens is 186 g/mol. The smallest absolute Gasteiger partial charge is 0.311 e. The highest BCUT2D eigenvalue weighted by Gasteiger charge is 2.50. The highest BCUT2D eigenvalue weighted by molar-refractivity contribution is 5.80. The molecule has 0 spiro atoms. The molecule has 0 aliphatic heterocycles. The maximum Gasteiger partial charge on any atom is 0.311 e. The Labute approximate surface area is 82.4 Å². The highest BCUT2D eigenvalue weighted by Crippen LogP contribution is 2.45. The Bertz CT molecular complexity index is 235. The minimum absolute atomic E-state index is 0.153. The van der Waals surface area contributed by atoms with E-state index in [0.29, 0.717) is 19.4 Å². The van der Waals surface area contributed by atoms with Gasteiger partial charge in [-0.05, 0) is 12.8 Å². The topological polar surface area (TPSA) is 75.6 Å². The van der Waals surface area contributed by atoms with E-state index in [4.69, 9.17) is 9.84 Å². The van der Waals surface area contributed by atoms with Crippen molar-refractivity contribution in [2.75, 3.05) is 20.3 Å². The van der Waals surface area contributed by atoms with Crippen LogP contribution >= 0.6 is 0 Å². The van der Waals surface area contributed by atoms with Gasteiger partial charge >= 0.3 is 5.97 Å². The third-order valence-corrected chi connectivity index (χ3v) is 2.46. The number of rotatable bonds is 6. The van der Waals surface area contributed by atoms with Crippen molar-refractivity contribution in [1.82, 2.24) is 5.32 Å². The molecule has 0 saturated heterocycles. The van der Waals surface area contributed by atoms with E-state index >= 15 is 0 Å². The summed E-state index contributed by atoms with van der Waals surface area (Å²) in [4.78, 5) is 21.8. The number of aliphatic carboxylic acids is 1. The second-order valence-electron chi connectivity index (χ2n) is 3.61. The van der Waals surface area contributed by atoms with Gasteiger partial charge in [0, 0.05) is 20.1 Å². The number of amides is 1. The lowest BCUT2D eigenvalue weighted by Gasteiger charge is -2.10. The second kappa shape index (κ2) is 4.41. The van der Waals surface area contributed by atoms with Gasteiger partial charge in [0.15, 0.2) is 0 Å². The lowest BCUT2D eigenvalue weighted by Crippen LogP contribution is -2.34. The predicted molar refractivity (Wildman–Crippen MR) is 48.8 cm³/mol. The van der Waals surface area contributed by atoms with Gasteiger partial charge in [0.25, 0.3) is 0 Å². The van der Waals surface area contributed by atoms with Gasteiger partial charge in [-0.15, -0.1) is 0 Å². The highest BCUT2D eigenvalue weighted by atomic mass is 16.5. The van der Waals surface area contributed by atoms with Gasteiger partial charge in [0.05, 0.1) is 12.0 Å². The number of nitrogens with one attached hydrogen (secondary N) is 1. The maximum absolute atomic E-state index is 11.1. The molecule has 0 bridgehead atoms. The molecule has 0 radical (unpaired) electrons. The molecule has 0 aromatic rings. The molecule has 5 heteroatoms. The van der Waals surface area contributed by atoms with Crippen LogP contribution in [0.15, 0.2) is 0 Å². The van der Waals surface area contributed by atoms with Gasteiger partial charge in [-0.2, -0.15) is 0 Å². The van der Waals surface area contributed by atoms with E-state index in [2.05, 4.69) is 5.32 Å². The molecule has 1 saturated carbocycles. The first-order valence-electron chi connectivity index (χ1n) is 4.60. The molecule has 80 valence electrons. The van der Waals surface area contributed by atoms with Crippen molar-refractivity contribution in [3.05, 3.63) is 0 Å². The maximum atomic E-state index is 11.1. The van der Waals surface area contributed by atoms with Crippen LogP contribution in [0.4, 0.5) is 0 Å². The molecule has 1 amide bonds. The van der Waals surface area contributed by atoms with Crippen LogP contribution in [-0.4, -0.2) is 37.2 Å². The minimum Gasteiger partial charge on any atom is -0.481 e. The number of ether oxygens (including phenoxy) is 1. The lowest BCUT2D eigenvalue weighted by molar-refractivity contribution is -0.143. The SMILES string of the molecule is COCCC(=O)NCC1(C(=O)O)CC1. The monoisotopic (exact) mass is 201 g/mol. The number of carboxylic acids is 1. The van der Waals surface area contributed by atoms with E-state index in [1.54, 1.807) is 0 Å². The first-order chi connectivity index (χ1) is 6.60. The quantitative estimate of drug-likeness (QED) is 0.634. The Morgan fingerprint density at radius 2 is 2.14 bits per heavy atom. The number of methoxy groups -OCH3 is 1. The zero-order chi connectivity index (χ0) is 10.6. The summed E-state index contributed by atoms with van der Waals surface area (Å²) >= 11 is 0. The fraction of sp³-hybridized carbons (Fsp3) is 0.778. The molecule has 1 fully saturated rings. The fourth-order valence-corrected chi connectivity index (χ4v) is 1.17. The van der Waals surface area contributed by atoms with Crippen molar-refractivity contribution < 1.29 is 19.4 Å². The summed E-state index contributed by atoms with van der Waals surface area (Å²) in [6, 6.07) is 0. The Morgan fingerprint density at radius 3 is 2.57 bits per heavy atom. The van der Waals surface area contributed by atoms with Gasteiger partial charge in [-0.25, -0.2) is 0 Å². The number of carboxylic acid groups (broad SMARTS) is 1. The summed E-state index contributed by atoms with van der Waals surface area (Å²) in [7, 11) is 1.52. The third-order valence-electron chi connectivity index (χ3n) is 2.46. The molecule has 5 nitrogen and oxygen atoms in total. The molecule has 0 unspecified atom stereocenters. The molecule has 1 aliphatic carbocycles. The standard InChI is InChI=1S/C9H15NO4/c1-14-5-2-7(11)10-6-9(3-4-9)8(12)13/h2-6H2,1H3,(H,10,11)(H,12,13). The van der Waals surface area contributed by atoms with Crippen molar-refractivity contribution >= 4 is 11.9 Å². The third kappa shape index (κ3) is 2.70. The van der Waals surface area contributed by atoms with Crippen LogP contribution in [0, 0.1) is 5.41 Å². The number of hydrogen-bond acceptors (Lipinski definition) is 3. The van der Waals surface area contributed by atoms with Gasteiger partial charge in [0.2, 0.25) is 5.91 Å². The lowest BCUT2D eigenvalue weighted by atomic mass is 10.1. The fourth-order valence-electron chi connectivity index (χ4n) is 1.17. The predicted octanol–water partition coefficient (Wildman–Crippen LogP) is 0.00390. The van der Waals surface area contributed by atoms with E-state index in [9.17, 15) is 9.59 Å². The van der Waals surface area contributed by atoms with Crippen molar-refractivity contribution in [3.63, 3.8) is 0 Å². The number of carbonyl (C=O) groups is 2. The molecule has 14 heavy (non-hydrogen) atoms. The molecule has 0 aromatic carbocycles. The Kier molecular flexibility index (Phi) is 3.46. The minimum atomic E-state index is -0.815. The Hall–Kier alpha value is -1.10. The molecule has 1 rings (SSSR count). The summed E-state index contributed by atoms with van der Waals surface area (Å²) in [5.74, 6) is -0.969. The average molecular weight is 201 g/mol. The van der Waals surface area contributed by atoms with Crippen LogP contribution in [0.1, 0.15) is 19.3 Å². The van der Waals surface area contributed by atoms with E-state index in [-0.39, 0.29) is 18.9 Å². The van der Waals surface area contributed by atoms with Crippen molar-refractivity contribution in [3.8, 4) is 0 Å².